The second kappa shape index (κ2) is 10.3. The maximum absolute atomic E-state index is 13.5. The fraction of sp³-hybridized carbons (Fsp3) is 0.348. The van der Waals surface area contributed by atoms with Gasteiger partial charge in [0, 0.05) is 17.0 Å². The Morgan fingerprint density at radius 2 is 1.72 bits per heavy atom. The number of thiazole rings is 1. The van der Waals surface area contributed by atoms with Crippen LogP contribution in [0.4, 0.5) is 4.39 Å². The Morgan fingerprint density at radius 1 is 1.08 bits per heavy atom. The van der Waals surface area contributed by atoms with Crippen molar-refractivity contribution < 1.29 is 22.3 Å². The molecule has 1 aromatic carbocycles. The van der Waals surface area contributed by atoms with Crippen LogP contribution in [0.25, 0.3) is 16.5 Å². The van der Waals surface area contributed by atoms with Crippen LogP contribution in [0, 0.1) is 12.7 Å². The zero-order valence-electron chi connectivity index (χ0n) is 20.3. The number of ether oxygens (including phenoxy) is 2. The van der Waals surface area contributed by atoms with Crippen molar-refractivity contribution in [1.82, 2.24) is 29.7 Å². The predicted octanol–water partition coefficient (Wildman–Crippen LogP) is 3.75. The number of aromatic nitrogens is 6. The molecule has 13 heteroatoms. The number of benzene rings is 1. The molecule has 0 aliphatic heterocycles. The highest BCUT2D eigenvalue weighted by atomic mass is 32.2. The van der Waals surface area contributed by atoms with Crippen LogP contribution in [0.3, 0.4) is 0 Å². The molecule has 10 nitrogen and oxygen atoms in total. The van der Waals surface area contributed by atoms with Gasteiger partial charge < -0.3 is 9.47 Å². The summed E-state index contributed by atoms with van der Waals surface area (Å²) in [6.45, 7) is 5.12. The third kappa shape index (κ3) is 4.93. The van der Waals surface area contributed by atoms with Crippen molar-refractivity contribution in [3.8, 4) is 28.0 Å². The van der Waals surface area contributed by atoms with Crippen LogP contribution in [0.2, 0.25) is 0 Å². The number of nitrogens with zero attached hydrogens (tertiary/aromatic N) is 6. The van der Waals surface area contributed by atoms with E-state index < -0.39 is 32.6 Å². The van der Waals surface area contributed by atoms with E-state index in [2.05, 4.69) is 25.1 Å². The molecule has 2 atom stereocenters. The van der Waals surface area contributed by atoms with E-state index in [1.165, 1.54) is 25.6 Å². The van der Waals surface area contributed by atoms with Gasteiger partial charge in [-0.15, -0.1) is 21.5 Å². The molecule has 4 aromatic rings. The van der Waals surface area contributed by atoms with Crippen molar-refractivity contribution >= 4 is 21.2 Å². The minimum absolute atomic E-state index is 0.166. The van der Waals surface area contributed by atoms with E-state index in [1.807, 2.05) is 12.3 Å². The number of hydrogen-bond donors (Lipinski definition) is 0. The average molecular weight is 533 g/mol. The number of para-hydroxylation sites is 1. The van der Waals surface area contributed by atoms with Gasteiger partial charge in [0.05, 0.1) is 31.9 Å². The van der Waals surface area contributed by atoms with E-state index in [-0.39, 0.29) is 11.6 Å². The Hall–Kier alpha value is -3.45. The number of aryl methyl sites for hydroxylation is 1. The molecular weight excluding hydrogens is 507 g/mol. The van der Waals surface area contributed by atoms with Gasteiger partial charge in [-0.1, -0.05) is 13.0 Å². The van der Waals surface area contributed by atoms with Gasteiger partial charge in [0.2, 0.25) is 0 Å². The monoisotopic (exact) mass is 532 g/mol. The molecular formula is C23H25FN6O4S2. The molecule has 0 aliphatic rings. The molecule has 0 unspecified atom stereocenters. The zero-order chi connectivity index (χ0) is 26.0. The van der Waals surface area contributed by atoms with E-state index in [1.54, 1.807) is 36.6 Å². The van der Waals surface area contributed by atoms with Crippen molar-refractivity contribution in [1.29, 1.82) is 0 Å². The van der Waals surface area contributed by atoms with Crippen molar-refractivity contribution in [2.24, 2.45) is 0 Å². The first-order chi connectivity index (χ1) is 17.2. The zero-order valence-corrected chi connectivity index (χ0v) is 22.0. The molecule has 36 heavy (non-hydrogen) atoms. The van der Waals surface area contributed by atoms with E-state index in [0.717, 1.165) is 18.1 Å². The SMILES string of the molecule is COc1cccc(OC)c1-n1c(CS(=O)(=O)[C@@H](C)[C@H](C)c2ncc(F)cn2)nnc1-c1nc(C)cs1. The van der Waals surface area contributed by atoms with Crippen molar-refractivity contribution in [3.05, 3.63) is 59.1 Å². The molecule has 0 aliphatic carbocycles. The molecule has 0 bridgehead atoms. The second-order valence-electron chi connectivity index (χ2n) is 8.14. The Morgan fingerprint density at radius 3 is 2.28 bits per heavy atom. The number of rotatable bonds is 9. The van der Waals surface area contributed by atoms with E-state index in [4.69, 9.17) is 9.47 Å². The van der Waals surface area contributed by atoms with Crippen molar-refractivity contribution in [3.63, 3.8) is 0 Å². The molecule has 0 radical (unpaired) electrons. The third-order valence-corrected chi connectivity index (χ3v) is 8.97. The standard InChI is InChI=1S/C23H25FN6O4S2/c1-13-11-35-23(27-13)22-29-28-19(30(22)20-17(33-4)7-6-8-18(20)34-5)12-36(31,32)15(3)14(2)21-25-9-16(24)10-26-21/h6-11,14-15H,12H2,1-5H3/t14-,15-/m0/s1. The highest BCUT2D eigenvalue weighted by Crippen LogP contribution is 2.37. The lowest BCUT2D eigenvalue weighted by Gasteiger charge is -2.20. The van der Waals surface area contributed by atoms with Crippen LogP contribution in [0.5, 0.6) is 11.5 Å². The summed E-state index contributed by atoms with van der Waals surface area (Å²) in [4.78, 5) is 12.4. The molecule has 4 rings (SSSR count). The molecule has 0 fully saturated rings. The van der Waals surface area contributed by atoms with Crippen LogP contribution in [0.15, 0.2) is 36.0 Å². The van der Waals surface area contributed by atoms with Crippen LogP contribution in [-0.4, -0.2) is 57.6 Å². The topological polar surface area (TPSA) is 122 Å². The minimum Gasteiger partial charge on any atom is -0.494 e. The molecule has 0 saturated heterocycles. The normalized spacial score (nSPS) is 13.4. The lowest BCUT2D eigenvalue weighted by atomic mass is 10.1. The number of hydrogen-bond acceptors (Lipinski definition) is 10. The van der Waals surface area contributed by atoms with Crippen LogP contribution >= 0.6 is 11.3 Å². The van der Waals surface area contributed by atoms with Gasteiger partial charge in [-0.2, -0.15) is 0 Å². The molecule has 0 spiro atoms. The number of sulfone groups is 1. The summed E-state index contributed by atoms with van der Waals surface area (Å²) >= 11 is 1.37. The summed E-state index contributed by atoms with van der Waals surface area (Å²) in [5, 5.41) is 10.1. The summed E-state index contributed by atoms with van der Waals surface area (Å²) in [6.07, 6.45) is 2.04. The molecule has 3 aromatic heterocycles. The first kappa shape index (κ1) is 25.6. The number of methoxy groups -OCH3 is 2. The molecule has 190 valence electrons. The maximum atomic E-state index is 13.5. The average Bonchev–Trinajstić information content (AvgIpc) is 3.48. The third-order valence-electron chi connectivity index (χ3n) is 5.81. The lowest BCUT2D eigenvalue weighted by molar-refractivity contribution is 0.390. The molecule has 0 N–H and O–H groups in total. The number of halogens is 1. The maximum Gasteiger partial charge on any atom is 0.197 e. The quantitative estimate of drug-likeness (QED) is 0.317. The van der Waals surface area contributed by atoms with Gasteiger partial charge in [-0.05, 0) is 26.0 Å². The highest BCUT2D eigenvalue weighted by molar-refractivity contribution is 7.91. The van der Waals surface area contributed by atoms with Crippen LogP contribution < -0.4 is 9.47 Å². The summed E-state index contributed by atoms with van der Waals surface area (Å²) in [7, 11) is -0.775. The van der Waals surface area contributed by atoms with E-state index in [0.29, 0.717) is 28.0 Å². The van der Waals surface area contributed by atoms with Gasteiger partial charge in [0.15, 0.2) is 32.3 Å². The first-order valence-corrected chi connectivity index (χ1v) is 13.5. The van der Waals surface area contributed by atoms with Crippen LogP contribution in [0.1, 0.15) is 37.1 Å². The summed E-state index contributed by atoms with van der Waals surface area (Å²) in [5.41, 5.74) is 1.26. The second-order valence-corrected chi connectivity index (χ2v) is 11.4. The fourth-order valence-electron chi connectivity index (χ4n) is 3.68. The van der Waals surface area contributed by atoms with Gasteiger partial charge in [0.1, 0.15) is 28.8 Å². The molecule has 3 heterocycles. The minimum atomic E-state index is -3.80. The van der Waals surface area contributed by atoms with Gasteiger partial charge >= 0.3 is 0 Å². The summed E-state index contributed by atoms with van der Waals surface area (Å²) in [5.74, 6) is 0.0480. The lowest BCUT2D eigenvalue weighted by Crippen LogP contribution is -2.27. The van der Waals surface area contributed by atoms with Crippen molar-refractivity contribution in [2.45, 2.75) is 37.7 Å². The Kier molecular flexibility index (Phi) is 7.31. The summed E-state index contributed by atoms with van der Waals surface area (Å²) in [6, 6.07) is 5.24. The summed E-state index contributed by atoms with van der Waals surface area (Å²) < 4.78 is 53.1. The molecule has 0 amide bonds. The van der Waals surface area contributed by atoms with Gasteiger partial charge in [-0.25, -0.2) is 27.8 Å². The Balaban J connectivity index is 1.81. The fourth-order valence-corrected chi connectivity index (χ4v) is 6.00. The first-order valence-electron chi connectivity index (χ1n) is 10.9. The van der Waals surface area contributed by atoms with E-state index in [9.17, 15) is 12.8 Å². The van der Waals surface area contributed by atoms with Crippen LogP contribution in [-0.2, 0) is 15.6 Å². The largest absolute Gasteiger partial charge is 0.494 e. The Bertz CT molecular complexity index is 1450. The Labute approximate surface area is 212 Å². The van der Waals surface area contributed by atoms with Gasteiger partial charge in [-0.3, -0.25) is 4.57 Å². The van der Waals surface area contributed by atoms with Gasteiger partial charge in [0.25, 0.3) is 0 Å². The smallest absolute Gasteiger partial charge is 0.197 e. The highest BCUT2D eigenvalue weighted by Gasteiger charge is 2.33. The van der Waals surface area contributed by atoms with Crippen molar-refractivity contribution in [2.75, 3.05) is 14.2 Å². The van der Waals surface area contributed by atoms with E-state index >= 15 is 0 Å². The predicted molar refractivity (Wildman–Crippen MR) is 133 cm³/mol. The molecule has 0 saturated carbocycles.